The molecule has 0 saturated heterocycles. The Kier molecular flexibility index (Phi) is 6.20. The molecule has 0 spiro atoms. The van der Waals surface area contributed by atoms with Gasteiger partial charge in [-0.3, -0.25) is 14.9 Å². The van der Waals surface area contributed by atoms with Gasteiger partial charge in [0.2, 0.25) is 0 Å². The van der Waals surface area contributed by atoms with Gasteiger partial charge < -0.3 is 9.47 Å². The van der Waals surface area contributed by atoms with Crippen molar-refractivity contribution in [2.75, 3.05) is 20.0 Å². The number of carbonyl (C=O) groups excluding carboxylic acids is 1. The average molecular weight is 347 g/mol. The number of hydrogen-bond acceptors (Lipinski definition) is 6. The monoisotopic (exact) mass is 347 g/mol. The highest BCUT2D eigenvalue weighted by Crippen LogP contribution is 2.29. The molecule has 0 radical (unpaired) electrons. The highest BCUT2D eigenvalue weighted by atomic mass is 32.2. The number of Topliss-reactive ketones (excluding diaryl/α,β-unsaturated/α-hetero) is 1. The van der Waals surface area contributed by atoms with Gasteiger partial charge in [0.25, 0.3) is 0 Å². The number of ether oxygens (including phenoxy) is 2. The SMILES string of the molecule is COc1ccc(C(=O)CSCc2ccc(OC)c([N+](=O)[O-])c2)cc1. The number of ketones is 1. The van der Waals surface area contributed by atoms with Crippen LogP contribution < -0.4 is 9.47 Å². The number of hydrogen-bond donors (Lipinski definition) is 0. The molecule has 126 valence electrons. The van der Waals surface area contributed by atoms with Gasteiger partial charge in [-0.1, -0.05) is 6.07 Å². The van der Waals surface area contributed by atoms with Gasteiger partial charge in [0, 0.05) is 17.4 Å². The van der Waals surface area contributed by atoms with Gasteiger partial charge in [0.1, 0.15) is 5.75 Å². The summed E-state index contributed by atoms with van der Waals surface area (Å²) >= 11 is 1.41. The fourth-order valence-electron chi connectivity index (χ4n) is 2.09. The van der Waals surface area contributed by atoms with Gasteiger partial charge in [0.05, 0.1) is 24.9 Å². The summed E-state index contributed by atoms with van der Waals surface area (Å²) in [5.41, 5.74) is 1.32. The lowest BCUT2D eigenvalue weighted by Gasteiger charge is -2.06. The predicted octanol–water partition coefficient (Wildman–Crippen LogP) is 3.73. The lowest BCUT2D eigenvalue weighted by molar-refractivity contribution is -0.385. The van der Waals surface area contributed by atoms with Crippen LogP contribution in [0.4, 0.5) is 5.69 Å². The average Bonchev–Trinajstić information content (AvgIpc) is 2.61. The lowest BCUT2D eigenvalue weighted by Crippen LogP contribution is -2.02. The van der Waals surface area contributed by atoms with Crippen LogP contribution in [-0.4, -0.2) is 30.7 Å². The van der Waals surface area contributed by atoms with Crippen LogP contribution in [0.5, 0.6) is 11.5 Å². The summed E-state index contributed by atoms with van der Waals surface area (Å²) in [5.74, 6) is 1.73. The first-order valence-corrected chi connectivity index (χ1v) is 8.27. The van der Waals surface area contributed by atoms with E-state index in [1.807, 2.05) is 0 Å². The zero-order chi connectivity index (χ0) is 17.5. The second-order valence-corrected chi connectivity index (χ2v) is 5.89. The molecule has 0 N–H and O–H groups in total. The van der Waals surface area contributed by atoms with E-state index in [4.69, 9.17) is 9.47 Å². The second-order valence-electron chi connectivity index (χ2n) is 4.91. The molecule has 0 bridgehead atoms. The maximum Gasteiger partial charge on any atom is 0.311 e. The van der Waals surface area contributed by atoms with Gasteiger partial charge in [-0.15, -0.1) is 11.8 Å². The van der Waals surface area contributed by atoms with Crippen LogP contribution in [0, 0.1) is 10.1 Å². The summed E-state index contributed by atoms with van der Waals surface area (Å²) in [6.07, 6.45) is 0. The maximum absolute atomic E-state index is 12.1. The van der Waals surface area contributed by atoms with E-state index < -0.39 is 4.92 Å². The Morgan fingerprint density at radius 1 is 1.12 bits per heavy atom. The lowest BCUT2D eigenvalue weighted by atomic mass is 10.1. The smallest absolute Gasteiger partial charge is 0.311 e. The first kappa shape index (κ1) is 17.8. The minimum absolute atomic E-state index is 0.00524. The van der Waals surface area contributed by atoms with Crippen molar-refractivity contribution in [3.05, 3.63) is 63.7 Å². The number of rotatable bonds is 8. The quantitative estimate of drug-likeness (QED) is 0.411. The molecule has 0 aromatic heterocycles. The Morgan fingerprint density at radius 3 is 2.42 bits per heavy atom. The van der Waals surface area contributed by atoms with E-state index in [1.54, 1.807) is 43.5 Å². The third-order valence-electron chi connectivity index (χ3n) is 3.35. The number of nitro groups is 1. The number of nitro benzene ring substituents is 1. The van der Waals surface area contributed by atoms with Crippen molar-refractivity contribution in [3.8, 4) is 11.5 Å². The molecule has 7 heteroatoms. The molecule has 24 heavy (non-hydrogen) atoms. The van der Waals surface area contributed by atoms with Crippen LogP contribution in [-0.2, 0) is 5.75 Å². The fraction of sp³-hybridized carbons (Fsp3) is 0.235. The molecule has 0 aliphatic heterocycles. The topological polar surface area (TPSA) is 78.7 Å². The molecule has 0 saturated carbocycles. The van der Waals surface area contributed by atoms with E-state index in [2.05, 4.69) is 0 Å². The summed E-state index contributed by atoms with van der Waals surface area (Å²) in [5, 5.41) is 11.0. The zero-order valence-electron chi connectivity index (χ0n) is 13.4. The Labute approximate surface area is 143 Å². The molecule has 6 nitrogen and oxygen atoms in total. The number of carbonyl (C=O) groups is 1. The Balaban J connectivity index is 1.94. The van der Waals surface area contributed by atoms with Gasteiger partial charge >= 0.3 is 5.69 Å². The van der Waals surface area contributed by atoms with Gasteiger partial charge in [-0.05, 0) is 35.9 Å². The predicted molar refractivity (Wildman–Crippen MR) is 93.1 cm³/mol. The van der Waals surface area contributed by atoms with Crippen molar-refractivity contribution in [2.45, 2.75) is 5.75 Å². The first-order chi connectivity index (χ1) is 11.5. The maximum atomic E-state index is 12.1. The van der Waals surface area contributed by atoms with Crippen LogP contribution in [0.1, 0.15) is 15.9 Å². The van der Waals surface area contributed by atoms with E-state index in [0.717, 1.165) is 5.56 Å². The third-order valence-corrected chi connectivity index (χ3v) is 4.36. The third kappa shape index (κ3) is 4.48. The zero-order valence-corrected chi connectivity index (χ0v) is 14.2. The minimum Gasteiger partial charge on any atom is -0.497 e. The summed E-state index contributed by atoms with van der Waals surface area (Å²) in [6.45, 7) is 0. The van der Waals surface area contributed by atoms with E-state index in [-0.39, 0.29) is 17.2 Å². The van der Waals surface area contributed by atoms with Crippen LogP contribution in [0.15, 0.2) is 42.5 Å². The molecule has 0 unspecified atom stereocenters. The molecule has 0 fully saturated rings. The van der Waals surface area contributed by atoms with Crippen molar-refractivity contribution >= 4 is 23.2 Å². The number of thioether (sulfide) groups is 1. The molecular formula is C17H17NO5S. The van der Waals surface area contributed by atoms with Crippen molar-refractivity contribution in [1.29, 1.82) is 0 Å². The molecule has 2 aromatic rings. The Morgan fingerprint density at radius 2 is 1.83 bits per heavy atom. The summed E-state index contributed by atoms with van der Waals surface area (Å²) in [6, 6.07) is 11.7. The van der Waals surface area contributed by atoms with Gasteiger partial charge in [0.15, 0.2) is 11.5 Å². The number of benzene rings is 2. The summed E-state index contributed by atoms with van der Waals surface area (Å²) in [4.78, 5) is 22.7. The molecule has 0 atom stereocenters. The summed E-state index contributed by atoms with van der Waals surface area (Å²) in [7, 11) is 2.96. The van der Waals surface area contributed by atoms with Crippen molar-refractivity contribution in [1.82, 2.24) is 0 Å². The van der Waals surface area contributed by atoms with E-state index in [9.17, 15) is 14.9 Å². The van der Waals surface area contributed by atoms with E-state index >= 15 is 0 Å². The number of methoxy groups -OCH3 is 2. The van der Waals surface area contributed by atoms with Crippen molar-refractivity contribution in [2.24, 2.45) is 0 Å². The van der Waals surface area contributed by atoms with Crippen LogP contribution in [0.3, 0.4) is 0 Å². The Bertz CT molecular complexity index is 730. The number of nitrogens with zero attached hydrogens (tertiary/aromatic N) is 1. The van der Waals surface area contributed by atoms with E-state index in [0.29, 0.717) is 22.8 Å². The summed E-state index contributed by atoms with van der Waals surface area (Å²) < 4.78 is 10.0. The standard InChI is InChI=1S/C17H17NO5S/c1-22-14-6-4-13(5-7-14)16(19)11-24-10-12-3-8-17(23-2)15(9-12)18(20)21/h3-9H,10-11H2,1-2H3. The van der Waals surface area contributed by atoms with Crippen LogP contribution in [0.2, 0.25) is 0 Å². The largest absolute Gasteiger partial charge is 0.497 e. The van der Waals surface area contributed by atoms with Crippen LogP contribution in [0.25, 0.3) is 0 Å². The molecule has 0 heterocycles. The minimum atomic E-state index is -0.477. The highest BCUT2D eigenvalue weighted by molar-refractivity contribution is 7.99. The first-order valence-electron chi connectivity index (χ1n) is 7.11. The van der Waals surface area contributed by atoms with Gasteiger partial charge in [-0.25, -0.2) is 0 Å². The molecule has 0 aliphatic carbocycles. The second kappa shape index (κ2) is 8.35. The van der Waals surface area contributed by atoms with Crippen molar-refractivity contribution < 1.29 is 19.2 Å². The van der Waals surface area contributed by atoms with Gasteiger partial charge in [-0.2, -0.15) is 0 Å². The molecule has 2 rings (SSSR count). The van der Waals surface area contributed by atoms with Crippen LogP contribution >= 0.6 is 11.8 Å². The van der Waals surface area contributed by atoms with Crippen molar-refractivity contribution in [3.63, 3.8) is 0 Å². The normalized spacial score (nSPS) is 10.2. The van der Waals surface area contributed by atoms with E-state index in [1.165, 1.54) is 24.9 Å². The highest BCUT2D eigenvalue weighted by Gasteiger charge is 2.15. The fourth-order valence-corrected chi connectivity index (χ4v) is 2.96. The molecule has 0 aliphatic rings. The molecule has 2 aromatic carbocycles. The molecule has 0 amide bonds. The Hall–Kier alpha value is -2.54. The molecular weight excluding hydrogens is 330 g/mol.